The molecule has 3 heteroatoms. The lowest BCUT2D eigenvalue weighted by Gasteiger charge is -2.19. The number of carbonyl (C=O) groups is 1. The molecule has 0 saturated heterocycles. The third-order valence-corrected chi connectivity index (χ3v) is 3.49. The molecule has 1 heterocycles. The highest BCUT2D eigenvalue weighted by Crippen LogP contribution is 2.31. The molecule has 0 aliphatic carbocycles. The number of Topliss-reactive ketones (excluding diaryl/α,β-unsaturated/α-hetero) is 1. The van der Waals surface area contributed by atoms with Crippen LogP contribution in [-0.4, -0.2) is 19.0 Å². The molecule has 0 radical (unpaired) electrons. The average molecular weight is 248 g/mol. The first-order valence-electron chi connectivity index (χ1n) is 6.67. The Morgan fingerprint density at radius 2 is 1.83 bits per heavy atom. The van der Waals surface area contributed by atoms with E-state index < -0.39 is 0 Å². The van der Waals surface area contributed by atoms with Gasteiger partial charge in [-0.3, -0.25) is 4.79 Å². The number of carbonyl (C=O) groups excluding carboxylic acids is 1. The second-order valence-electron chi connectivity index (χ2n) is 4.67. The van der Waals surface area contributed by atoms with Gasteiger partial charge in [-0.05, 0) is 24.1 Å². The third kappa shape index (κ3) is 2.84. The van der Waals surface area contributed by atoms with Gasteiger partial charge in [-0.25, -0.2) is 0 Å². The summed E-state index contributed by atoms with van der Waals surface area (Å²) in [5.41, 5.74) is 0.728. The first kappa shape index (κ1) is 12.9. The molecule has 98 valence electrons. The molecule has 18 heavy (non-hydrogen) atoms. The Labute approximate surface area is 108 Å². The maximum Gasteiger partial charge on any atom is 0.163 e. The van der Waals surface area contributed by atoms with E-state index in [1.54, 1.807) is 6.07 Å². The van der Waals surface area contributed by atoms with Crippen molar-refractivity contribution in [3.63, 3.8) is 0 Å². The summed E-state index contributed by atoms with van der Waals surface area (Å²) in [6, 6.07) is 5.46. The Bertz CT molecular complexity index is 422. The van der Waals surface area contributed by atoms with Gasteiger partial charge in [0.25, 0.3) is 0 Å². The van der Waals surface area contributed by atoms with Crippen LogP contribution in [0.2, 0.25) is 0 Å². The van der Waals surface area contributed by atoms with Crippen LogP contribution in [0.15, 0.2) is 18.2 Å². The minimum absolute atomic E-state index is 0.195. The molecule has 1 aromatic carbocycles. The van der Waals surface area contributed by atoms with Gasteiger partial charge < -0.3 is 9.47 Å². The minimum atomic E-state index is 0.195. The smallest absolute Gasteiger partial charge is 0.163 e. The number of hydrogen-bond acceptors (Lipinski definition) is 3. The van der Waals surface area contributed by atoms with E-state index in [2.05, 4.69) is 13.8 Å². The number of rotatable bonds is 5. The van der Waals surface area contributed by atoms with Gasteiger partial charge in [0.05, 0.1) is 0 Å². The van der Waals surface area contributed by atoms with Crippen molar-refractivity contribution in [3.8, 4) is 11.5 Å². The van der Waals surface area contributed by atoms with Crippen LogP contribution in [0.5, 0.6) is 11.5 Å². The van der Waals surface area contributed by atoms with E-state index in [9.17, 15) is 4.79 Å². The lowest BCUT2D eigenvalue weighted by Crippen LogP contribution is -2.16. The van der Waals surface area contributed by atoms with E-state index in [0.29, 0.717) is 31.3 Å². The zero-order valence-electron chi connectivity index (χ0n) is 11.1. The number of ketones is 1. The normalized spacial score (nSPS) is 13.7. The fourth-order valence-electron chi connectivity index (χ4n) is 2.17. The Morgan fingerprint density at radius 3 is 2.50 bits per heavy atom. The number of ether oxygens (including phenoxy) is 2. The SMILES string of the molecule is CCC(CC)CC(=O)c1ccc2c(c1)OCCO2. The van der Waals surface area contributed by atoms with Crippen LogP contribution in [0.4, 0.5) is 0 Å². The number of fused-ring (bicyclic) bond motifs is 1. The predicted octanol–water partition coefficient (Wildman–Crippen LogP) is 3.47. The van der Waals surface area contributed by atoms with Gasteiger partial charge >= 0.3 is 0 Å². The Balaban J connectivity index is 2.11. The van der Waals surface area contributed by atoms with Crippen molar-refractivity contribution in [2.24, 2.45) is 5.92 Å². The van der Waals surface area contributed by atoms with Crippen molar-refractivity contribution in [1.29, 1.82) is 0 Å². The quantitative estimate of drug-likeness (QED) is 0.748. The molecule has 0 saturated carbocycles. The summed E-state index contributed by atoms with van der Waals surface area (Å²) in [5.74, 6) is 2.10. The molecule has 0 aromatic heterocycles. The summed E-state index contributed by atoms with van der Waals surface area (Å²) in [7, 11) is 0. The molecular formula is C15H20O3. The van der Waals surface area contributed by atoms with Gasteiger partial charge in [0.15, 0.2) is 17.3 Å². The molecule has 0 N–H and O–H groups in total. The second kappa shape index (κ2) is 5.89. The molecule has 0 spiro atoms. The van der Waals surface area contributed by atoms with Crippen LogP contribution < -0.4 is 9.47 Å². The lowest BCUT2D eigenvalue weighted by molar-refractivity contribution is 0.0957. The largest absolute Gasteiger partial charge is 0.486 e. The zero-order valence-corrected chi connectivity index (χ0v) is 11.1. The van der Waals surface area contributed by atoms with E-state index in [-0.39, 0.29) is 5.78 Å². The molecule has 0 fully saturated rings. The molecule has 1 aliphatic heterocycles. The highest BCUT2D eigenvalue weighted by molar-refractivity contribution is 5.96. The Kier molecular flexibility index (Phi) is 4.24. The van der Waals surface area contributed by atoms with Gasteiger partial charge in [0.1, 0.15) is 13.2 Å². The molecule has 0 atom stereocenters. The lowest BCUT2D eigenvalue weighted by atomic mass is 9.94. The van der Waals surface area contributed by atoms with Crippen LogP contribution in [0.3, 0.4) is 0 Å². The molecule has 0 unspecified atom stereocenters. The van der Waals surface area contributed by atoms with Crippen LogP contribution in [0.1, 0.15) is 43.5 Å². The fourth-order valence-corrected chi connectivity index (χ4v) is 2.17. The van der Waals surface area contributed by atoms with Crippen LogP contribution in [0.25, 0.3) is 0 Å². The average Bonchev–Trinajstić information content (AvgIpc) is 2.44. The van der Waals surface area contributed by atoms with E-state index in [4.69, 9.17) is 9.47 Å². The van der Waals surface area contributed by atoms with Gasteiger partial charge in [0.2, 0.25) is 0 Å². The van der Waals surface area contributed by atoms with Crippen molar-refractivity contribution >= 4 is 5.78 Å². The molecule has 2 rings (SSSR count). The van der Waals surface area contributed by atoms with Crippen molar-refractivity contribution < 1.29 is 14.3 Å². The van der Waals surface area contributed by atoms with Crippen molar-refractivity contribution in [2.75, 3.05) is 13.2 Å². The Hall–Kier alpha value is -1.51. The molecule has 1 aliphatic rings. The van der Waals surface area contributed by atoms with Crippen LogP contribution in [-0.2, 0) is 0 Å². The summed E-state index contributed by atoms with van der Waals surface area (Å²) in [6.45, 7) is 5.39. The van der Waals surface area contributed by atoms with E-state index in [1.807, 2.05) is 12.1 Å². The standard InChI is InChI=1S/C15H20O3/c1-3-11(4-2)9-13(16)12-5-6-14-15(10-12)18-8-7-17-14/h5-6,10-11H,3-4,7-9H2,1-2H3. The van der Waals surface area contributed by atoms with E-state index >= 15 is 0 Å². The molecule has 0 amide bonds. The van der Waals surface area contributed by atoms with Gasteiger partial charge in [-0.1, -0.05) is 26.7 Å². The van der Waals surface area contributed by atoms with Gasteiger partial charge in [-0.15, -0.1) is 0 Å². The van der Waals surface area contributed by atoms with Gasteiger partial charge in [-0.2, -0.15) is 0 Å². The zero-order chi connectivity index (χ0) is 13.0. The van der Waals surface area contributed by atoms with Crippen molar-refractivity contribution in [3.05, 3.63) is 23.8 Å². The van der Waals surface area contributed by atoms with Gasteiger partial charge in [0, 0.05) is 12.0 Å². The summed E-state index contributed by atoms with van der Waals surface area (Å²) in [4.78, 5) is 12.2. The van der Waals surface area contributed by atoms with Crippen molar-refractivity contribution in [2.45, 2.75) is 33.1 Å². The maximum atomic E-state index is 12.2. The first-order chi connectivity index (χ1) is 8.74. The van der Waals surface area contributed by atoms with E-state index in [0.717, 1.165) is 24.2 Å². The first-order valence-corrected chi connectivity index (χ1v) is 6.67. The summed E-state index contributed by atoms with van der Waals surface area (Å²) in [6.07, 6.45) is 2.71. The topological polar surface area (TPSA) is 35.5 Å². The highest BCUT2D eigenvalue weighted by atomic mass is 16.6. The second-order valence-corrected chi connectivity index (χ2v) is 4.67. The minimum Gasteiger partial charge on any atom is -0.486 e. The Morgan fingerprint density at radius 1 is 1.17 bits per heavy atom. The number of benzene rings is 1. The maximum absolute atomic E-state index is 12.2. The number of hydrogen-bond donors (Lipinski definition) is 0. The highest BCUT2D eigenvalue weighted by Gasteiger charge is 2.16. The molecule has 1 aromatic rings. The van der Waals surface area contributed by atoms with Crippen LogP contribution in [0, 0.1) is 5.92 Å². The van der Waals surface area contributed by atoms with Crippen molar-refractivity contribution in [1.82, 2.24) is 0 Å². The molecular weight excluding hydrogens is 228 g/mol. The summed E-state index contributed by atoms with van der Waals surface area (Å²) < 4.78 is 10.9. The molecule has 0 bridgehead atoms. The summed E-state index contributed by atoms with van der Waals surface area (Å²) >= 11 is 0. The monoisotopic (exact) mass is 248 g/mol. The summed E-state index contributed by atoms with van der Waals surface area (Å²) in [5, 5.41) is 0. The fraction of sp³-hybridized carbons (Fsp3) is 0.533. The predicted molar refractivity (Wildman–Crippen MR) is 70.5 cm³/mol. The van der Waals surface area contributed by atoms with E-state index in [1.165, 1.54) is 0 Å². The van der Waals surface area contributed by atoms with Crippen LogP contribution >= 0.6 is 0 Å². The third-order valence-electron chi connectivity index (χ3n) is 3.49. The molecule has 3 nitrogen and oxygen atoms in total.